The molecule has 0 unspecified atom stereocenters. The molecule has 31 heavy (non-hydrogen) atoms. The molecule has 1 amide bonds. The molecule has 168 valence electrons. The number of amides is 1. The zero-order valence-electron chi connectivity index (χ0n) is 18.0. The van der Waals surface area contributed by atoms with Crippen molar-refractivity contribution >= 4 is 28.9 Å². The number of fused-ring (bicyclic) bond motifs is 1. The molecule has 0 fully saturated rings. The number of ether oxygens (including phenoxy) is 1. The summed E-state index contributed by atoms with van der Waals surface area (Å²) in [4.78, 5) is 23.2. The molecular weight excluding hydrogens is 411 g/mol. The lowest BCUT2D eigenvalue weighted by Gasteiger charge is -2.25. The number of hydrogen-bond donors (Lipinski definition) is 2. The Morgan fingerprint density at radius 3 is 2.16 bits per heavy atom. The molecule has 0 aliphatic carbocycles. The van der Waals surface area contributed by atoms with Crippen LogP contribution in [0.4, 0.5) is 18.0 Å². The van der Waals surface area contributed by atoms with Crippen molar-refractivity contribution in [2.24, 2.45) is 5.41 Å². The van der Waals surface area contributed by atoms with Crippen LogP contribution in [-0.2, 0) is 9.53 Å². The third-order valence-corrected chi connectivity index (χ3v) is 4.45. The first-order valence-corrected chi connectivity index (χ1v) is 9.61. The van der Waals surface area contributed by atoms with Gasteiger partial charge in [0.05, 0.1) is 5.41 Å². The standard InChI is InChI=1S/C23H26F3NO4/c1-21(2,3)31-20(30)27-18(23(24,25)26)16-9-8-15-7-6-14(12-17(15)13-16)10-11-22(4,5)19(28)29/h6-13,18H,1-5H3,(H,27,30)(H,28,29)/b11-10+/t18-/m0/s1. The van der Waals surface area contributed by atoms with Crippen LogP contribution in [0.15, 0.2) is 42.5 Å². The first-order chi connectivity index (χ1) is 14.1. The summed E-state index contributed by atoms with van der Waals surface area (Å²) in [6.07, 6.45) is -2.76. The van der Waals surface area contributed by atoms with Crippen molar-refractivity contribution in [2.45, 2.75) is 52.4 Å². The number of alkyl halides is 3. The van der Waals surface area contributed by atoms with Gasteiger partial charge in [0.15, 0.2) is 6.04 Å². The van der Waals surface area contributed by atoms with Crippen LogP contribution >= 0.6 is 0 Å². The highest BCUT2D eigenvalue weighted by Crippen LogP contribution is 2.34. The van der Waals surface area contributed by atoms with Crippen LogP contribution in [0.5, 0.6) is 0 Å². The third kappa shape index (κ3) is 6.73. The van der Waals surface area contributed by atoms with Gasteiger partial charge in [-0.05, 0) is 68.7 Å². The molecule has 0 aliphatic heterocycles. The number of carbonyl (C=O) groups is 2. The number of carboxylic acids is 1. The van der Waals surface area contributed by atoms with Crippen LogP contribution < -0.4 is 5.32 Å². The Morgan fingerprint density at radius 1 is 1.00 bits per heavy atom. The van der Waals surface area contributed by atoms with E-state index in [4.69, 9.17) is 4.74 Å². The molecule has 0 radical (unpaired) electrons. The van der Waals surface area contributed by atoms with Gasteiger partial charge in [0.1, 0.15) is 5.60 Å². The Labute approximate surface area is 178 Å². The number of aliphatic carboxylic acids is 1. The summed E-state index contributed by atoms with van der Waals surface area (Å²) in [6.45, 7) is 7.77. The maximum Gasteiger partial charge on any atom is 0.412 e. The minimum atomic E-state index is -4.73. The molecule has 0 aliphatic rings. The second-order valence-corrected chi connectivity index (χ2v) is 8.85. The number of nitrogens with one attached hydrogen (secondary N) is 1. The van der Waals surface area contributed by atoms with Crippen molar-refractivity contribution in [3.8, 4) is 0 Å². The van der Waals surface area contributed by atoms with Gasteiger partial charge >= 0.3 is 18.2 Å². The van der Waals surface area contributed by atoms with Crippen LogP contribution in [0.1, 0.15) is 51.8 Å². The van der Waals surface area contributed by atoms with Crippen LogP contribution in [0.3, 0.4) is 0 Å². The summed E-state index contributed by atoms with van der Waals surface area (Å²) in [5.74, 6) is -0.993. The summed E-state index contributed by atoms with van der Waals surface area (Å²) < 4.78 is 46.0. The van der Waals surface area contributed by atoms with E-state index in [0.717, 1.165) is 0 Å². The van der Waals surface area contributed by atoms with Crippen LogP contribution in [0.25, 0.3) is 16.8 Å². The predicted molar refractivity (Wildman–Crippen MR) is 113 cm³/mol. The fourth-order valence-electron chi connectivity index (χ4n) is 2.72. The quantitative estimate of drug-likeness (QED) is 0.593. The average Bonchev–Trinajstić information content (AvgIpc) is 2.61. The SMILES string of the molecule is CC(C)(C)OC(=O)N[C@@H](c1ccc2ccc(/C=C/C(C)(C)C(=O)O)cc2c1)C(F)(F)F. The topological polar surface area (TPSA) is 75.6 Å². The fourth-order valence-corrected chi connectivity index (χ4v) is 2.72. The molecule has 2 N–H and O–H groups in total. The predicted octanol–water partition coefficient (Wildman–Crippen LogP) is 6.09. The molecule has 0 saturated carbocycles. The molecule has 0 bridgehead atoms. The van der Waals surface area contributed by atoms with Crippen molar-refractivity contribution < 1.29 is 32.6 Å². The van der Waals surface area contributed by atoms with E-state index in [1.807, 2.05) is 5.32 Å². The Hall–Kier alpha value is -3.03. The fraction of sp³-hybridized carbons (Fsp3) is 0.391. The highest BCUT2D eigenvalue weighted by molar-refractivity contribution is 5.86. The van der Waals surface area contributed by atoms with E-state index in [1.165, 1.54) is 24.3 Å². The number of carbonyl (C=O) groups excluding carboxylic acids is 1. The summed E-state index contributed by atoms with van der Waals surface area (Å²) in [5, 5.41) is 12.3. The highest BCUT2D eigenvalue weighted by Gasteiger charge is 2.42. The molecule has 5 nitrogen and oxygen atoms in total. The van der Waals surface area contributed by atoms with Crippen molar-refractivity contribution in [1.82, 2.24) is 5.32 Å². The van der Waals surface area contributed by atoms with E-state index in [9.17, 15) is 27.9 Å². The average molecular weight is 437 g/mol. The normalized spacial score (nSPS) is 13.9. The van der Waals surface area contributed by atoms with E-state index in [2.05, 4.69) is 0 Å². The molecular formula is C23H26F3NO4. The summed E-state index contributed by atoms with van der Waals surface area (Å²) in [5.41, 5.74) is -1.52. The summed E-state index contributed by atoms with van der Waals surface area (Å²) in [6, 6.07) is 7.10. The van der Waals surface area contributed by atoms with E-state index < -0.39 is 35.3 Å². The number of benzene rings is 2. The largest absolute Gasteiger partial charge is 0.481 e. The second-order valence-electron chi connectivity index (χ2n) is 8.85. The lowest BCUT2D eigenvalue weighted by molar-refractivity contribution is -0.157. The lowest BCUT2D eigenvalue weighted by atomic mass is 9.92. The number of rotatable bonds is 5. The minimum absolute atomic E-state index is 0.141. The maximum absolute atomic E-state index is 13.7. The molecule has 8 heteroatoms. The minimum Gasteiger partial charge on any atom is -0.481 e. The van der Waals surface area contributed by atoms with Crippen LogP contribution in [-0.4, -0.2) is 28.9 Å². The van der Waals surface area contributed by atoms with Gasteiger partial charge in [0.25, 0.3) is 0 Å². The maximum atomic E-state index is 13.7. The summed E-state index contributed by atoms with van der Waals surface area (Å²) >= 11 is 0. The second kappa shape index (κ2) is 8.61. The van der Waals surface area contributed by atoms with Gasteiger partial charge < -0.3 is 15.2 Å². The summed E-state index contributed by atoms with van der Waals surface area (Å²) in [7, 11) is 0. The first kappa shape index (κ1) is 24.2. The van der Waals surface area contributed by atoms with E-state index >= 15 is 0 Å². The van der Waals surface area contributed by atoms with Crippen molar-refractivity contribution in [3.05, 3.63) is 53.6 Å². The molecule has 0 saturated heterocycles. The molecule has 2 aromatic rings. The Bertz CT molecular complexity index is 1000. The monoisotopic (exact) mass is 437 g/mol. The molecule has 2 aromatic carbocycles. The van der Waals surface area contributed by atoms with Gasteiger partial charge in [0, 0.05) is 0 Å². The van der Waals surface area contributed by atoms with Crippen LogP contribution in [0, 0.1) is 5.41 Å². The Balaban J connectivity index is 2.40. The van der Waals surface area contributed by atoms with Crippen molar-refractivity contribution in [2.75, 3.05) is 0 Å². The molecule has 1 atom stereocenters. The van der Waals surface area contributed by atoms with E-state index in [0.29, 0.717) is 16.3 Å². The molecule has 0 aromatic heterocycles. The Kier molecular flexibility index (Phi) is 6.73. The van der Waals surface area contributed by atoms with Gasteiger partial charge in [-0.3, -0.25) is 4.79 Å². The smallest absolute Gasteiger partial charge is 0.412 e. The lowest BCUT2D eigenvalue weighted by Crippen LogP contribution is -2.41. The van der Waals surface area contributed by atoms with Gasteiger partial charge in [-0.1, -0.05) is 36.4 Å². The zero-order chi connectivity index (χ0) is 23.6. The van der Waals surface area contributed by atoms with E-state index in [-0.39, 0.29) is 5.56 Å². The van der Waals surface area contributed by atoms with E-state index in [1.54, 1.807) is 58.9 Å². The molecule has 0 spiro atoms. The Morgan fingerprint density at radius 2 is 1.61 bits per heavy atom. The highest BCUT2D eigenvalue weighted by atomic mass is 19.4. The number of halogens is 3. The van der Waals surface area contributed by atoms with Crippen molar-refractivity contribution in [1.29, 1.82) is 0 Å². The number of alkyl carbamates (subject to hydrolysis) is 1. The number of hydrogen-bond acceptors (Lipinski definition) is 3. The van der Waals surface area contributed by atoms with Gasteiger partial charge in [-0.25, -0.2) is 4.79 Å². The van der Waals surface area contributed by atoms with Crippen molar-refractivity contribution in [3.63, 3.8) is 0 Å². The molecule has 2 rings (SSSR count). The van der Waals surface area contributed by atoms with Gasteiger partial charge in [-0.2, -0.15) is 13.2 Å². The number of carboxylic acid groups (broad SMARTS) is 1. The third-order valence-electron chi connectivity index (χ3n) is 4.45. The van der Waals surface area contributed by atoms with Gasteiger partial charge in [-0.15, -0.1) is 0 Å². The molecule has 0 heterocycles. The zero-order valence-corrected chi connectivity index (χ0v) is 18.0. The van der Waals surface area contributed by atoms with Crippen LogP contribution in [0.2, 0.25) is 0 Å². The first-order valence-electron chi connectivity index (χ1n) is 9.61. The van der Waals surface area contributed by atoms with Gasteiger partial charge in [0.2, 0.25) is 0 Å².